The average molecular weight is 460 g/mol. The molecular weight excluding hydrogens is 426 g/mol. The molecule has 0 atom stereocenters. The van der Waals surface area contributed by atoms with E-state index in [1.807, 2.05) is 18.2 Å². The van der Waals surface area contributed by atoms with E-state index in [9.17, 15) is 10.1 Å². The molecule has 1 saturated carbocycles. The van der Waals surface area contributed by atoms with Crippen molar-refractivity contribution in [2.45, 2.75) is 26.2 Å². The number of likely N-dealkylation sites (N-methyl/N-ethyl adjacent to an activating group) is 1. The zero-order valence-electron chi connectivity index (χ0n) is 19.8. The number of carbonyl (C=O) groups is 1. The Morgan fingerprint density at radius 3 is 2.68 bits per heavy atom. The number of nitrogens with zero attached hydrogens (tertiary/aromatic N) is 4. The van der Waals surface area contributed by atoms with Crippen LogP contribution in [0.3, 0.4) is 0 Å². The van der Waals surface area contributed by atoms with Crippen molar-refractivity contribution >= 4 is 34.5 Å². The van der Waals surface area contributed by atoms with Crippen LogP contribution >= 0.6 is 0 Å². The normalized spacial score (nSPS) is 15.9. The second-order valence-electron chi connectivity index (χ2n) is 8.86. The fourth-order valence-electron chi connectivity index (χ4n) is 4.16. The van der Waals surface area contributed by atoms with E-state index >= 15 is 0 Å². The number of anilines is 5. The van der Waals surface area contributed by atoms with Gasteiger partial charge in [0.05, 0.1) is 22.6 Å². The van der Waals surface area contributed by atoms with Crippen LogP contribution in [0.25, 0.3) is 0 Å². The van der Waals surface area contributed by atoms with E-state index in [-0.39, 0.29) is 5.91 Å². The Kier molecular flexibility index (Phi) is 7.65. The zero-order valence-corrected chi connectivity index (χ0v) is 19.8. The van der Waals surface area contributed by atoms with Crippen molar-refractivity contribution in [2.75, 3.05) is 60.1 Å². The van der Waals surface area contributed by atoms with Crippen LogP contribution in [0.2, 0.25) is 0 Å². The van der Waals surface area contributed by atoms with E-state index in [0.29, 0.717) is 17.1 Å². The topological polar surface area (TPSA) is 96.3 Å². The van der Waals surface area contributed by atoms with E-state index in [1.54, 1.807) is 6.20 Å². The molecular formula is C26H33N7O. The van der Waals surface area contributed by atoms with Gasteiger partial charge in [0, 0.05) is 50.7 Å². The van der Waals surface area contributed by atoms with Gasteiger partial charge in [0.2, 0.25) is 5.91 Å². The van der Waals surface area contributed by atoms with Gasteiger partial charge in [0.1, 0.15) is 11.9 Å². The fourth-order valence-corrected chi connectivity index (χ4v) is 4.16. The molecule has 0 unspecified atom stereocenters. The molecule has 2 aliphatic rings. The summed E-state index contributed by atoms with van der Waals surface area (Å²) in [5.41, 5.74) is 3.74. The van der Waals surface area contributed by atoms with Crippen LogP contribution in [0.15, 0.2) is 43.1 Å². The number of piperazine rings is 1. The molecule has 0 bridgehead atoms. The van der Waals surface area contributed by atoms with Crippen molar-refractivity contribution in [3.05, 3.63) is 48.7 Å². The summed E-state index contributed by atoms with van der Waals surface area (Å²) < 4.78 is 0. The van der Waals surface area contributed by atoms with Gasteiger partial charge in [-0.05, 0) is 43.2 Å². The molecule has 1 saturated heterocycles. The van der Waals surface area contributed by atoms with Crippen LogP contribution in [0.1, 0.15) is 31.7 Å². The first-order chi connectivity index (χ1) is 16.6. The minimum Gasteiger partial charge on any atom is -0.384 e. The van der Waals surface area contributed by atoms with Crippen LogP contribution in [0.4, 0.5) is 28.6 Å². The predicted molar refractivity (Wildman–Crippen MR) is 138 cm³/mol. The first kappa shape index (κ1) is 23.6. The average Bonchev–Trinajstić information content (AvgIpc) is 3.70. The molecule has 1 aliphatic carbocycles. The van der Waals surface area contributed by atoms with Gasteiger partial charge in [-0.1, -0.05) is 26.3 Å². The van der Waals surface area contributed by atoms with E-state index < -0.39 is 0 Å². The molecule has 2 fully saturated rings. The number of nitrogens with one attached hydrogen (secondary N) is 3. The molecule has 178 valence electrons. The molecule has 0 spiro atoms. The van der Waals surface area contributed by atoms with Crippen molar-refractivity contribution in [1.29, 1.82) is 5.26 Å². The summed E-state index contributed by atoms with van der Waals surface area (Å²) in [6, 6.07) is 10.1. The summed E-state index contributed by atoms with van der Waals surface area (Å²) in [6.45, 7) is 11.6. The molecule has 8 heteroatoms. The Morgan fingerprint density at radius 1 is 1.21 bits per heavy atom. The first-order valence-corrected chi connectivity index (χ1v) is 12.1. The van der Waals surface area contributed by atoms with Gasteiger partial charge in [-0.25, -0.2) is 4.98 Å². The third kappa shape index (κ3) is 6.06. The Morgan fingerprint density at radius 2 is 2.00 bits per heavy atom. The third-order valence-corrected chi connectivity index (χ3v) is 6.48. The van der Waals surface area contributed by atoms with Gasteiger partial charge >= 0.3 is 0 Å². The lowest BCUT2D eigenvalue weighted by atomic mass is 10.2. The summed E-state index contributed by atoms with van der Waals surface area (Å²) in [6.07, 6.45) is 6.56. The fraction of sp³-hybridized carbons (Fsp3) is 0.423. The first-order valence-electron chi connectivity index (χ1n) is 12.1. The molecule has 3 N–H and O–H groups in total. The number of amides is 1. The maximum Gasteiger partial charge on any atom is 0.247 e. The highest BCUT2D eigenvalue weighted by atomic mass is 16.1. The highest BCUT2D eigenvalue weighted by molar-refractivity contribution is 6.02. The van der Waals surface area contributed by atoms with Crippen molar-refractivity contribution in [2.24, 2.45) is 5.92 Å². The molecule has 1 aromatic heterocycles. The molecule has 1 aromatic carbocycles. The smallest absolute Gasteiger partial charge is 0.247 e. The number of aromatic nitrogens is 1. The lowest BCUT2D eigenvalue weighted by molar-refractivity contribution is -0.111. The van der Waals surface area contributed by atoms with Crippen molar-refractivity contribution in [1.82, 2.24) is 9.88 Å². The molecule has 34 heavy (non-hydrogen) atoms. The molecule has 1 amide bonds. The highest BCUT2D eigenvalue weighted by Crippen LogP contribution is 2.33. The van der Waals surface area contributed by atoms with Crippen LogP contribution < -0.4 is 20.9 Å². The molecule has 2 heterocycles. The van der Waals surface area contributed by atoms with Gasteiger partial charge in [0.15, 0.2) is 0 Å². The van der Waals surface area contributed by atoms with Gasteiger partial charge in [-0.15, -0.1) is 0 Å². The van der Waals surface area contributed by atoms with Crippen molar-refractivity contribution < 1.29 is 4.79 Å². The number of rotatable bonds is 10. The zero-order chi connectivity index (χ0) is 23.9. The Balaban J connectivity index is 1.53. The number of hydrogen-bond donors (Lipinski definition) is 3. The predicted octanol–water partition coefficient (Wildman–Crippen LogP) is 4.18. The summed E-state index contributed by atoms with van der Waals surface area (Å²) in [5, 5.41) is 19.1. The molecule has 2 aromatic rings. The SMILES string of the molecule is C=CC(=O)Nc1cc(N2CCN(CC)CC2)ccc1Nc1cc(NCCC2CC2)c(C#N)cn1. The number of benzene rings is 1. The molecule has 8 nitrogen and oxygen atoms in total. The number of carbonyl (C=O) groups excluding carboxylic acids is 1. The monoisotopic (exact) mass is 459 g/mol. The Hall–Kier alpha value is -3.57. The molecule has 4 rings (SSSR count). The number of pyridine rings is 1. The van der Waals surface area contributed by atoms with Gasteiger partial charge < -0.3 is 25.8 Å². The highest BCUT2D eigenvalue weighted by Gasteiger charge is 2.21. The summed E-state index contributed by atoms with van der Waals surface area (Å²) in [7, 11) is 0. The quantitative estimate of drug-likeness (QED) is 0.459. The third-order valence-electron chi connectivity index (χ3n) is 6.48. The standard InChI is InChI=1S/C26H33N7O/c1-3-26(34)31-24-15-21(33-13-11-32(4-2)12-14-33)7-8-22(24)30-25-16-23(20(17-27)18-29-25)28-10-9-19-5-6-19/h3,7-8,15-16,18-19H,1,4-6,9-14H2,2H3,(H,31,34)(H2,28,29,30). The summed E-state index contributed by atoms with van der Waals surface area (Å²) >= 11 is 0. The Labute approximate surface area is 201 Å². The van der Waals surface area contributed by atoms with E-state index in [4.69, 9.17) is 0 Å². The van der Waals surface area contributed by atoms with E-state index in [0.717, 1.165) is 68.7 Å². The second-order valence-corrected chi connectivity index (χ2v) is 8.86. The van der Waals surface area contributed by atoms with Crippen molar-refractivity contribution in [3.8, 4) is 6.07 Å². The Bertz CT molecular complexity index is 1070. The summed E-state index contributed by atoms with van der Waals surface area (Å²) in [5.74, 6) is 1.15. The lowest BCUT2D eigenvalue weighted by Crippen LogP contribution is -2.46. The van der Waals surface area contributed by atoms with Gasteiger partial charge in [-0.2, -0.15) is 5.26 Å². The maximum atomic E-state index is 12.1. The van der Waals surface area contributed by atoms with E-state index in [1.165, 1.54) is 18.9 Å². The van der Waals surface area contributed by atoms with Crippen molar-refractivity contribution in [3.63, 3.8) is 0 Å². The van der Waals surface area contributed by atoms with Gasteiger partial charge in [0.25, 0.3) is 0 Å². The minimum atomic E-state index is -0.272. The lowest BCUT2D eigenvalue weighted by Gasteiger charge is -2.35. The minimum absolute atomic E-state index is 0.272. The largest absolute Gasteiger partial charge is 0.384 e. The van der Waals surface area contributed by atoms with Crippen LogP contribution in [0.5, 0.6) is 0 Å². The van der Waals surface area contributed by atoms with Crippen LogP contribution in [0, 0.1) is 17.2 Å². The molecule has 0 radical (unpaired) electrons. The summed E-state index contributed by atoms with van der Waals surface area (Å²) in [4.78, 5) is 21.3. The molecule has 1 aliphatic heterocycles. The number of nitriles is 1. The van der Waals surface area contributed by atoms with Gasteiger partial charge in [-0.3, -0.25) is 4.79 Å². The maximum absolute atomic E-state index is 12.1. The second kappa shape index (κ2) is 11.0. The van der Waals surface area contributed by atoms with Crippen LogP contribution in [-0.4, -0.2) is 55.1 Å². The number of hydrogen-bond acceptors (Lipinski definition) is 7. The van der Waals surface area contributed by atoms with Crippen LogP contribution in [-0.2, 0) is 4.79 Å². The van der Waals surface area contributed by atoms with E-state index in [2.05, 4.69) is 56.4 Å².